The van der Waals surface area contributed by atoms with Crippen molar-refractivity contribution in [3.63, 3.8) is 0 Å². The molecule has 1 heterocycles. The largest absolute Gasteiger partial charge is 0.387 e. The average molecular weight is 304 g/mol. The van der Waals surface area contributed by atoms with Crippen molar-refractivity contribution in [1.82, 2.24) is 9.97 Å². The Kier molecular flexibility index (Phi) is 6.36. The Bertz CT molecular complexity index is 427. The van der Waals surface area contributed by atoms with Crippen molar-refractivity contribution in [3.05, 3.63) is 16.5 Å². The number of hydrogen-bond acceptors (Lipinski definition) is 5. The minimum Gasteiger partial charge on any atom is -0.387 e. The van der Waals surface area contributed by atoms with Gasteiger partial charge in [-0.05, 0) is 26.5 Å². The van der Waals surface area contributed by atoms with Gasteiger partial charge in [-0.2, -0.15) is 11.8 Å². The first-order chi connectivity index (χ1) is 8.89. The van der Waals surface area contributed by atoms with Gasteiger partial charge in [0.05, 0.1) is 5.60 Å². The number of halogens is 1. The summed E-state index contributed by atoms with van der Waals surface area (Å²) in [6.45, 7) is 6.20. The lowest BCUT2D eigenvalue weighted by Crippen LogP contribution is -2.36. The minimum atomic E-state index is -0.770. The van der Waals surface area contributed by atoms with Crippen LogP contribution in [-0.4, -0.2) is 39.2 Å². The van der Waals surface area contributed by atoms with Gasteiger partial charge >= 0.3 is 0 Å². The maximum atomic E-state index is 10.1. The molecule has 1 unspecified atom stereocenters. The lowest BCUT2D eigenvalue weighted by molar-refractivity contribution is 0.0996. The zero-order valence-electron chi connectivity index (χ0n) is 12.0. The maximum absolute atomic E-state index is 10.1. The van der Waals surface area contributed by atoms with E-state index in [2.05, 4.69) is 22.2 Å². The van der Waals surface area contributed by atoms with Gasteiger partial charge in [-0.1, -0.05) is 18.5 Å². The van der Waals surface area contributed by atoms with E-state index in [-0.39, 0.29) is 0 Å². The van der Waals surface area contributed by atoms with Crippen LogP contribution < -0.4 is 5.32 Å². The molecule has 0 fully saturated rings. The number of aliphatic hydroxyl groups is 1. The van der Waals surface area contributed by atoms with Crippen molar-refractivity contribution in [2.75, 3.05) is 23.9 Å². The Labute approximate surface area is 124 Å². The fourth-order valence-corrected chi connectivity index (χ4v) is 2.59. The Morgan fingerprint density at radius 1 is 1.42 bits per heavy atom. The highest BCUT2D eigenvalue weighted by Crippen LogP contribution is 2.21. The van der Waals surface area contributed by atoms with Crippen LogP contribution in [0.15, 0.2) is 0 Å². The molecule has 1 aromatic heterocycles. The third-order valence-electron chi connectivity index (χ3n) is 2.70. The molecular weight excluding hydrogens is 282 g/mol. The van der Waals surface area contributed by atoms with Crippen LogP contribution in [0.25, 0.3) is 0 Å². The van der Waals surface area contributed by atoms with Crippen molar-refractivity contribution >= 4 is 29.2 Å². The zero-order valence-corrected chi connectivity index (χ0v) is 13.5. The minimum absolute atomic E-state index is 0.438. The van der Waals surface area contributed by atoms with Gasteiger partial charge < -0.3 is 10.4 Å². The summed E-state index contributed by atoms with van der Waals surface area (Å²) in [6.07, 6.45) is 3.75. The molecule has 0 aliphatic rings. The third-order valence-corrected chi connectivity index (χ3v) is 3.98. The molecule has 0 radical (unpaired) electrons. The first kappa shape index (κ1) is 16.5. The Morgan fingerprint density at radius 2 is 2.11 bits per heavy atom. The molecule has 4 nitrogen and oxygen atoms in total. The number of aryl methyl sites for hydroxylation is 1. The highest BCUT2D eigenvalue weighted by Gasteiger charge is 2.20. The summed E-state index contributed by atoms with van der Waals surface area (Å²) in [5.74, 6) is 2.12. The number of rotatable bonds is 7. The lowest BCUT2D eigenvalue weighted by Gasteiger charge is -2.23. The van der Waals surface area contributed by atoms with Crippen molar-refractivity contribution in [2.24, 2.45) is 0 Å². The number of thioether (sulfide) groups is 1. The van der Waals surface area contributed by atoms with Crippen molar-refractivity contribution in [1.29, 1.82) is 0 Å². The number of anilines is 1. The van der Waals surface area contributed by atoms with E-state index in [4.69, 9.17) is 11.6 Å². The normalized spacial score (nSPS) is 14.2. The van der Waals surface area contributed by atoms with E-state index >= 15 is 0 Å². The molecule has 6 heteroatoms. The lowest BCUT2D eigenvalue weighted by atomic mass is 10.1. The number of aromatic nitrogens is 2. The van der Waals surface area contributed by atoms with Crippen LogP contribution in [-0.2, 0) is 6.42 Å². The fourth-order valence-electron chi connectivity index (χ4n) is 1.68. The molecule has 0 saturated heterocycles. The summed E-state index contributed by atoms with van der Waals surface area (Å²) in [5, 5.41) is 13.8. The summed E-state index contributed by atoms with van der Waals surface area (Å²) in [5.41, 5.74) is 0.0512. The van der Waals surface area contributed by atoms with Crippen LogP contribution in [0, 0.1) is 6.92 Å². The summed E-state index contributed by atoms with van der Waals surface area (Å²) in [7, 11) is 0. The SMILES string of the molecule is CCCc1nc(Cl)c(C)c(NCC(C)(O)CSC)n1. The molecule has 108 valence electrons. The second-order valence-electron chi connectivity index (χ2n) is 4.94. The van der Waals surface area contributed by atoms with E-state index in [9.17, 15) is 5.11 Å². The van der Waals surface area contributed by atoms with Gasteiger partial charge in [0.2, 0.25) is 0 Å². The Morgan fingerprint density at radius 3 is 2.68 bits per heavy atom. The average Bonchev–Trinajstić information content (AvgIpc) is 2.32. The highest BCUT2D eigenvalue weighted by atomic mass is 35.5. The topological polar surface area (TPSA) is 58.0 Å². The molecule has 1 aromatic rings. The molecule has 1 rings (SSSR count). The molecule has 0 bridgehead atoms. The predicted molar refractivity (Wildman–Crippen MR) is 83.3 cm³/mol. The van der Waals surface area contributed by atoms with E-state index in [1.165, 1.54) is 0 Å². The third kappa shape index (κ3) is 5.16. The summed E-state index contributed by atoms with van der Waals surface area (Å²) in [4.78, 5) is 8.71. The quantitative estimate of drug-likeness (QED) is 0.759. The van der Waals surface area contributed by atoms with Crippen LogP contribution in [0.1, 0.15) is 31.7 Å². The van der Waals surface area contributed by atoms with Crippen LogP contribution in [0.5, 0.6) is 0 Å². The van der Waals surface area contributed by atoms with Crippen molar-refractivity contribution in [3.8, 4) is 0 Å². The van der Waals surface area contributed by atoms with Gasteiger partial charge in [-0.3, -0.25) is 0 Å². The van der Waals surface area contributed by atoms with E-state index in [1.54, 1.807) is 11.8 Å². The van der Waals surface area contributed by atoms with E-state index in [0.29, 0.717) is 23.3 Å². The van der Waals surface area contributed by atoms with Gasteiger partial charge in [-0.15, -0.1) is 0 Å². The molecular formula is C13H22ClN3OS. The van der Waals surface area contributed by atoms with Crippen LogP contribution in [0.2, 0.25) is 5.15 Å². The van der Waals surface area contributed by atoms with E-state index in [0.717, 1.165) is 24.2 Å². The highest BCUT2D eigenvalue weighted by molar-refractivity contribution is 7.98. The standard InChI is InChI=1S/C13H22ClN3OS/c1-5-6-10-16-11(14)9(2)12(17-10)15-7-13(3,18)8-19-4/h18H,5-8H2,1-4H3,(H,15,16,17). The first-order valence-electron chi connectivity index (χ1n) is 6.38. The molecule has 1 atom stereocenters. The van der Waals surface area contributed by atoms with Crippen molar-refractivity contribution in [2.45, 2.75) is 39.2 Å². The summed E-state index contributed by atoms with van der Waals surface area (Å²) in [6, 6.07) is 0. The second kappa shape index (κ2) is 7.31. The Hall–Kier alpha value is -0.520. The monoisotopic (exact) mass is 303 g/mol. The van der Waals surface area contributed by atoms with Gasteiger partial charge in [-0.25, -0.2) is 9.97 Å². The number of hydrogen-bond donors (Lipinski definition) is 2. The molecule has 0 amide bonds. The van der Waals surface area contributed by atoms with Crippen LogP contribution >= 0.6 is 23.4 Å². The first-order valence-corrected chi connectivity index (χ1v) is 8.15. The van der Waals surface area contributed by atoms with Gasteiger partial charge in [0.25, 0.3) is 0 Å². The number of nitrogens with one attached hydrogen (secondary N) is 1. The number of nitrogens with zero attached hydrogens (tertiary/aromatic N) is 2. The van der Waals surface area contributed by atoms with Crippen LogP contribution in [0.4, 0.5) is 5.82 Å². The molecule has 0 aliphatic heterocycles. The molecule has 0 aromatic carbocycles. The Balaban J connectivity index is 2.82. The van der Waals surface area contributed by atoms with Gasteiger partial charge in [0, 0.05) is 24.3 Å². The molecule has 0 saturated carbocycles. The summed E-state index contributed by atoms with van der Waals surface area (Å²) < 4.78 is 0. The molecule has 2 N–H and O–H groups in total. The van der Waals surface area contributed by atoms with E-state index in [1.807, 2.05) is 20.1 Å². The maximum Gasteiger partial charge on any atom is 0.137 e. The fraction of sp³-hybridized carbons (Fsp3) is 0.692. The zero-order chi connectivity index (χ0) is 14.5. The molecule has 0 spiro atoms. The summed E-state index contributed by atoms with van der Waals surface area (Å²) >= 11 is 7.72. The molecule has 19 heavy (non-hydrogen) atoms. The second-order valence-corrected chi connectivity index (χ2v) is 6.16. The van der Waals surface area contributed by atoms with Crippen LogP contribution in [0.3, 0.4) is 0 Å². The van der Waals surface area contributed by atoms with Gasteiger partial charge in [0.15, 0.2) is 0 Å². The molecule has 0 aliphatic carbocycles. The van der Waals surface area contributed by atoms with Gasteiger partial charge in [0.1, 0.15) is 16.8 Å². The van der Waals surface area contributed by atoms with Crippen molar-refractivity contribution < 1.29 is 5.11 Å². The predicted octanol–water partition coefficient (Wildman–Crippen LogP) is 2.92. The smallest absolute Gasteiger partial charge is 0.137 e. The van der Waals surface area contributed by atoms with E-state index < -0.39 is 5.60 Å².